The van der Waals surface area contributed by atoms with Crippen LogP contribution in [0.25, 0.3) is 11.4 Å². The Kier molecular flexibility index (Phi) is 3.92. The molecule has 0 saturated carbocycles. The quantitative estimate of drug-likeness (QED) is 0.726. The molecule has 0 bridgehead atoms. The van der Waals surface area contributed by atoms with Crippen LogP contribution in [0.4, 0.5) is 0 Å². The third-order valence-electron chi connectivity index (χ3n) is 2.92. The lowest BCUT2D eigenvalue weighted by atomic mass is 10.2. The maximum Gasteiger partial charge on any atom is 0.141 e. The molecule has 0 aliphatic heterocycles. The van der Waals surface area contributed by atoms with Crippen molar-refractivity contribution in [1.82, 2.24) is 25.2 Å². The molecule has 0 aliphatic carbocycles. The van der Waals surface area contributed by atoms with Crippen molar-refractivity contribution in [2.45, 2.75) is 6.54 Å². The van der Waals surface area contributed by atoms with E-state index in [4.69, 9.17) is 4.74 Å². The van der Waals surface area contributed by atoms with Gasteiger partial charge in [-0.05, 0) is 17.7 Å². The molecule has 0 radical (unpaired) electrons. The second-order valence-corrected chi connectivity index (χ2v) is 5.32. The first-order valence-electron chi connectivity index (χ1n) is 6.26. The van der Waals surface area contributed by atoms with E-state index in [9.17, 15) is 0 Å². The van der Waals surface area contributed by atoms with Crippen molar-refractivity contribution >= 4 is 15.9 Å². The molecule has 7 heteroatoms. The smallest absolute Gasteiger partial charge is 0.141 e. The van der Waals surface area contributed by atoms with Gasteiger partial charge < -0.3 is 4.74 Å². The number of rotatable bonds is 4. The first-order chi connectivity index (χ1) is 10.2. The summed E-state index contributed by atoms with van der Waals surface area (Å²) >= 11 is 3.42. The van der Waals surface area contributed by atoms with Crippen LogP contribution in [0.3, 0.4) is 0 Å². The molecule has 0 unspecified atom stereocenters. The Balaban J connectivity index is 1.81. The monoisotopic (exact) mass is 345 g/mol. The van der Waals surface area contributed by atoms with Gasteiger partial charge in [-0.25, -0.2) is 4.68 Å². The van der Waals surface area contributed by atoms with Crippen LogP contribution in [0.1, 0.15) is 5.56 Å². The van der Waals surface area contributed by atoms with Crippen molar-refractivity contribution in [3.8, 4) is 17.1 Å². The largest absolute Gasteiger partial charge is 0.495 e. The molecule has 6 nitrogen and oxygen atoms in total. The molecule has 3 aromatic rings. The number of hydrogen-bond acceptors (Lipinski definition) is 5. The van der Waals surface area contributed by atoms with Crippen LogP contribution in [0.15, 0.2) is 47.2 Å². The number of ether oxygens (including phenoxy) is 1. The fraction of sp³-hybridized carbons (Fsp3) is 0.143. The summed E-state index contributed by atoms with van der Waals surface area (Å²) in [4.78, 5) is 0. The summed E-state index contributed by atoms with van der Waals surface area (Å²) in [5.74, 6) is 0.641. The molecule has 0 spiro atoms. The molecular weight excluding hydrogens is 334 g/mol. The first-order valence-corrected chi connectivity index (χ1v) is 7.05. The van der Waals surface area contributed by atoms with Crippen molar-refractivity contribution in [3.63, 3.8) is 0 Å². The third-order valence-corrected chi connectivity index (χ3v) is 3.45. The fourth-order valence-corrected chi connectivity index (χ4v) is 2.12. The summed E-state index contributed by atoms with van der Waals surface area (Å²) in [5.41, 5.74) is 2.45. The number of nitrogens with zero attached hydrogens (tertiary/aromatic N) is 5. The van der Waals surface area contributed by atoms with Crippen molar-refractivity contribution in [2.24, 2.45) is 0 Å². The molecular formula is C14H12BrN5O. The molecule has 0 atom stereocenters. The summed E-state index contributed by atoms with van der Waals surface area (Å²) in [5, 5.41) is 16.1. The normalized spacial score (nSPS) is 10.6. The molecule has 0 saturated heterocycles. The second-order valence-electron chi connectivity index (χ2n) is 4.41. The zero-order valence-electron chi connectivity index (χ0n) is 11.3. The van der Waals surface area contributed by atoms with Gasteiger partial charge in [0.05, 0.1) is 26.0 Å². The lowest BCUT2D eigenvalue weighted by Crippen LogP contribution is -1.99. The van der Waals surface area contributed by atoms with Gasteiger partial charge in [-0.2, -0.15) is 5.10 Å². The Hall–Kier alpha value is -2.28. The summed E-state index contributed by atoms with van der Waals surface area (Å²) < 4.78 is 7.94. The fourth-order valence-electron chi connectivity index (χ4n) is 1.86. The van der Waals surface area contributed by atoms with Crippen molar-refractivity contribution < 1.29 is 4.74 Å². The van der Waals surface area contributed by atoms with Gasteiger partial charge in [-0.1, -0.05) is 33.3 Å². The summed E-state index contributed by atoms with van der Waals surface area (Å²) in [6.07, 6.45) is 3.39. The SMILES string of the molecule is COc1cnnc(-c2cn(Cc3ccc(Br)cc3)nn2)c1. The highest BCUT2D eigenvalue weighted by Gasteiger charge is 2.07. The molecule has 1 aromatic carbocycles. The van der Waals surface area contributed by atoms with E-state index in [0.29, 0.717) is 23.7 Å². The van der Waals surface area contributed by atoms with Crippen molar-refractivity contribution in [1.29, 1.82) is 0 Å². The molecule has 0 N–H and O–H groups in total. The minimum atomic E-state index is 0.636. The Morgan fingerprint density at radius 3 is 2.71 bits per heavy atom. The van der Waals surface area contributed by atoms with E-state index in [2.05, 4.69) is 36.4 Å². The molecule has 2 aromatic heterocycles. The highest BCUT2D eigenvalue weighted by atomic mass is 79.9. The minimum absolute atomic E-state index is 0.636. The second kappa shape index (κ2) is 6.01. The van der Waals surface area contributed by atoms with Crippen LogP contribution in [-0.4, -0.2) is 32.3 Å². The summed E-state index contributed by atoms with van der Waals surface area (Å²) in [7, 11) is 1.59. The third kappa shape index (κ3) is 3.25. The van der Waals surface area contributed by atoms with Crippen molar-refractivity contribution in [3.05, 3.63) is 52.8 Å². The van der Waals surface area contributed by atoms with Gasteiger partial charge in [0.1, 0.15) is 17.1 Å². The number of methoxy groups -OCH3 is 1. The van der Waals surface area contributed by atoms with Gasteiger partial charge in [0.25, 0.3) is 0 Å². The predicted molar refractivity (Wildman–Crippen MR) is 80.8 cm³/mol. The van der Waals surface area contributed by atoms with E-state index in [-0.39, 0.29) is 0 Å². The van der Waals surface area contributed by atoms with E-state index in [0.717, 1.165) is 10.0 Å². The van der Waals surface area contributed by atoms with Crippen molar-refractivity contribution in [2.75, 3.05) is 7.11 Å². The van der Waals surface area contributed by atoms with Crippen LogP contribution in [0.5, 0.6) is 5.75 Å². The summed E-state index contributed by atoms with van der Waals surface area (Å²) in [6.45, 7) is 0.650. The van der Waals surface area contributed by atoms with E-state index in [1.165, 1.54) is 0 Å². The van der Waals surface area contributed by atoms with E-state index in [1.54, 1.807) is 24.1 Å². The predicted octanol–water partition coefficient (Wildman–Crippen LogP) is 2.55. The lowest BCUT2D eigenvalue weighted by Gasteiger charge is -2.01. The Morgan fingerprint density at radius 2 is 1.95 bits per heavy atom. The van der Waals surface area contributed by atoms with Crippen LogP contribution in [0, 0.1) is 0 Å². The number of halogens is 1. The number of hydrogen-bond donors (Lipinski definition) is 0. The first kappa shape index (κ1) is 13.7. The van der Waals surface area contributed by atoms with Gasteiger partial charge in [0, 0.05) is 10.5 Å². The average molecular weight is 346 g/mol. The number of benzene rings is 1. The molecule has 3 rings (SSSR count). The Labute approximate surface area is 129 Å². The molecule has 2 heterocycles. The molecule has 0 aliphatic rings. The Morgan fingerprint density at radius 1 is 1.14 bits per heavy atom. The number of aromatic nitrogens is 5. The maximum atomic E-state index is 5.13. The Bertz CT molecular complexity index is 741. The molecule has 0 amide bonds. The van der Waals surface area contributed by atoms with Crippen LogP contribution < -0.4 is 4.74 Å². The minimum Gasteiger partial charge on any atom is -0.495 e. The van der Waals surface area contributed by atoms with Gasteiger partial charge in [-0.3, -0.25) is 0 Å². The average Bonchev–Trinajstić information content (AvgIpc) is 2.98. The highest BCUT2D eigenvalue weighted by molar-refractivity contribution is 9.10. The maximum absolute atomic E-state index is 5.13. The zero-order chi connectivity index (χ0) is 14.7. The highest BCUT2D eigenvalue weighted by Crippen LogP contribution is 2.18. The van der Waals surface area contributed by atoms with Crippen LogP contribution in [0.2, 0.25) is 0 Å². The van der Waals surface area contributed by atoms with Gasteiger partial charge in [0.2, 0.25) is 0 Å². The van der Waals surface area contributed by atoms with Gasteiger partial charge in [-0.15, -0.1) is 10.2 Å². The van der Waals surface area contributed by atoms with E-state index in [1.807, 2.05) is 30.5 Å². The zero-order valence-corrected chi connectivity index (χ0v) is 12.9. The van der Waals surface area contributed by atoms with Gasteiger partial charge >= 0.3 is 0 Å². The lowest BCUT2D eigenvalue weighted by molar-refractivity contribution is 0.412. The van der Waals surface area contributed by atoms with E-state index >= 15 is 0 Å². The molecule has 21 heavy (non-hydrogen) atoms. The summed E-state index contributed by atoms with van der Waals surface area (Å²) in [6, 6.07) is 9.86. The molecule has 0 fully saturated rings. The topological polar surface area (TPSA) is 65.7 Å². The van der Waals surface area contributed by atoms with Gasteiger partial charge in [0.15, 0.2) is 0 Å². The molecule has 106 valence electrons. The van der Waals surface area contributed by atoms with Crippen LogP contribution >= 0.6 is 15.9 Å². The standard InChI is InChI=1S/C14H12BrN5O/c1-21-12-6-13(17-16-7-12)14-9-20(19-18-14)8-10-2-4-11(15)5-3-10/h2-7,9H,8H2,1H3. The van der Waals surface area contributed by atoms with E-state index < -0.39 is 0 Å². The van der Waals surface area contributed by atoms with Crippen LogP contribution in [-0.2, 0) is 6.54 Å².